The molecule has 2 heterocycles. The number of furan rings is 1. The molecule has 0 aliphatic heterocycles. The number of hydrogen-bond acceptors (Lipinski definition) is 9. The van der Waals surface area contributed by atoms with Crippen LogP contribution in [-0.2, 0) is 10.0 Å². The molecule has 0 aliphatic carbocycles. The normalized spacial score (nSPS) is 14.2. The van der Waals surface area contributed by atoms with Gasteiger partial charge >= 0.3 is 0 Å². The van der Waals surface area contributed by atoms with Gasteiger partial charge in [0.15, 0.2) is 5.76 Å². The van der Waals surface area contributed by atoms with Crippen molar-refractivity contribution in [2.45, 2.75) is 32.1 Å². The fraction of sp³-hybridized carbons (Fsp3) is 0.292. The van der Waals surface area contributed by atoms with Crippen molar-refractivity contribution < 1.29 is 31.8 Å². The molecule has 198 valence electrons. The van der Waals surface area contributed by atoms with Gasteiger partial charge in [-0.15, -0.1) is 10.2 Å². The predicted octanol–water partition coefficient (Wildman–Crippen LogP) is 3.80. The number of anilines is 1. The minimum Gasteiger partial charge on any atom is -0.494 e. The van der Waals surface area contributed by atoms with E-state index in [-0.39, 0.29) is 17.5 Å². The fourth-order valence-corrected chi connectivity index (χ4v) is 4.42. The lowest BCUT2D eigenvalue weighted by Gasteiger charge is -2.21. The summed E-state index contributed by atoms with van der Waals surface area (Å²) in [5.74, 6) is 0.912. The van der Waals surface area contributed by atoms with E-state index in [4.69, 9.17) is 13.9 Å². The maximum Gasteiger partial charge on any atom is 0.243 e. The number of hydrogen-bond donors (Lipinski definition) is 2. The average molecular weight is 534 g/mol. The zero-order valence-corrected chi connectivity index (χ0v) is 21.8. The Labute approximate surface area is 214 Å². The molecule has 2 atom stereocenters. The standard InChI is InChI=1S/C24H28FN5O6S/c1-7-17(26-13-14(2)25)22(31)16(4)37(32,33)29-24-28-27-23(20-12-11-15(3)36-20)30(24)21-18(34-5)9-8-10-19(21)35-6/h7-13,16,22,31H,1H2,2-6H3,(H,28,29)/b14-13+,26-17?/t16-,22-/m0/s1. The van der Waals surface area contributed by atoms with Crippen LogP contribution in [0.3, 0.4) is 0 Å². The number of nitrogens with zero attached hydrogens (tertiary/aromatic N) is 4. The van der Waals surface area contributed by atoms with E-state index in [1.54, 1.807) is 37.3 Å². The number of sulfonamides is 1. The summed E-state index contributed by atoms with van der Waals surface area (Å²) in [6.45, 7) is 7.69. The number of aryl methyl sites for hydroxylation is 1. The van der Waals surface area contributed by atoms with Crippen molar-refractivity contribution in [1.29, 1.82) is 0 Å². The summed E-state index contributed by atoms with van der Waals surface area (Å²) in [6.07, 6.45) is 0.375. The topological polar surface area (TPSA) is 141 Å². The summed E-state index contributed by atoms with van der Waals surface area (Å²) in [6, 6.07) is 8.41. The van der Waals surface area contributed by atoms with Crippen LogP contribution in [0.25, 0.3) is 17.3 Å². The summed E-state index contributed by atoms with van der Waals surface area (Å²) >= 11 is 0. The number of halogens is 1. The van der Waals surface area contributed by atoms with Gasteiger partial charge < -0.3 is 19.0 Å². The Morgan fingerprint density at radius 2 is 1.89 bits per heavy atom. The highest BCUT2D eigenvalue weighted by Crippen LogP contribution is 2.38. The average Bonchev–Trinajstić information content (AvgIpc) is 3.48. The van der Waals surface area contributed by atoms with E-state index in [1.807, 2.05) is 0 Å². The first kappa shape index (κ1) is 27.6. The Balaban J connectivity index is 2.14. The van der Waals surface area contributed by atoms with Crippen LogP contribution in [0.4, 0.5) is 10.3 Å². The molecule has 37 heavy (non-hydrogen) atoms. The van der Waals surface area contributed by atoms with Gasteiger partial charge in [0.1, 0.15) is 40.1 Å². The molecule has 2 aromatic heterocycles. The minimum absolute atomic E-state index is 0.130. The van der Waals surface area contributed by atoms with Crippen molar-refractivity contribution >= 4 is 21.7 Å². The Morgan fingerprint density at radius 1 is 1.24 bits per heavy atom. The Kier molecular flexibility index (Phi) is 8.50. The first-order valence-corrected chi connectivity index (χ1v) is 12.5. The first-order chi connectivity index (χ1) is 17.5. The van der Waals surface area contributed by atoms with E-state index in [1.165, 1.54) is 25.7 Å². The number of aliphatic imine (C=N–C) groups is 1. The van der Waals surface area contributed by atoms with Crippen molar-refractivity contribution in [3.63, 3.8) is 0 Å². The Hall–Kier alpha value is -3.97. The lowest BCUT2D eigenvalue weighted by atomic mass is 10.1. The van der Waals surface area contributed by atoms with Crippen molar-refractivity contribution in [2.75, 3.05) is 18.9 Å². The van der Waals surface area contributed by atoms with Crippen LogP contribution >= 0.6 is 0 Å². The number of rotatable bonds is 11. The number of aliphatic hydroxyl groups is 1. The number of aliphatic hydroxyl groups excluding tert-OH is 1. The summed E-state index contributed by atoms with van der Waals surface area (Å²) in [5, 5.41) is 17.4. The summed E-state index contributed by atoms with van der Waals surface area (Å²) in [7, 11) is -1.42. The number of methoxy groups -OCH3 is 2. The maximum atomic E-state index is 13.3. The second-order valence-electron chi connectivity index (χ2n) is 7.88. The van der Waals surface area contributed by atoms with Gasteiger partial charge in [0.25, 0.3) is 0 Å². The highest BCUT2D eigenvalue weighted by Gasteiger charge is 2.33. The van der Waals surface area contributed by atoms with E-state index >= 15 is 0 Å². The highest BCUT2D eigenvalue weighted by molar-refractivity contribution is 7.93. The molecule has 3 aromatic rings. The molecule has 0 aliphatic rings. The molecule has 1 aromatic carbocycles. The zero-order valence-electron chi connectivity index (χ0n) is 21.0. The van der Waals surface area contributed by atoms with Crippen LogP contribution in [0.2, 0.25) is 0 Å². The van der Waals surface area contributed by atoms with Gasteiger partial charge in [-0.2, -0.15) is 0 Å². The summed E-state index contributed by atoms with van der Waals surface area (Å²) in [5.41, 5.74) is 0.179. The molecule has 0 spiro atoms. The van der Waals surface area contributed by atoms with Crippen molar-refractivity contribution in [2.24, 2.45) is 4.99 Å². The lowest BCUT2D eigenvalue weighted by molar-refractivity contribution is 0.240. The van der Waals surface area contributed by atoms with Gasteiger partial charge in [-0.25, -0.2) is 12.8 Å². The fourth-order valence-electron chi connectivity index (χ4n) is 3.37. The largest absolute Gasteiger partial charge is 0.494 e. The van der Waals surface area contributed by atoms with Gasteiger partial charge in [0.05, 0.1) is 26.1 Å². The second-order valence-corrected chi connectivity index (χ2v) is 9.91. The molecule has 0 radical (unpaired) electrons. The zero-order chi connectivity index (χ0) is 27.3. The molecule has 0 saturated heterocycles. The molecule has 13 heteroatoms. The summed E-state index contributed by atoms with van der Waals surface area (Å²) < 4.78 is 60.3. The molecular weight excluding hydrogens is 505 g/mol. The molecule has 0 saturated carbocycles. The Morgan fingerprint density at radius 3 is 2.41 bits per heavy atom. The minimum atomic E-state index is -4.32. The van der Waals surface area contributed by atoms with Crippen LogP contribution in [0.1, 0.15) is 19.6 Å². The number of allylic oxidation sites excluding steroid dienone is 1. The van der Waals surface area contributed by atoms with Gasteiger partial charge in [0.2, 0.25) is 21.8 Å². The van der Waals surface area contributed by atoms with Crippen molar-refractivity contribution in [3.8, 4) is 28.8 Å². The number of nitrogens with one attached hydrogen (secondary N) is 1. The molecule has 0 fully saturated rings. The maximum absolute atomic E-state index is 13.3. The van der Waals surface area contributed by atoms with E-state index in [2.05, 4.69) is 26.5 Å². The quantitative estimate of drug-likeness (QED) is 0.355. The van der Waals surface area contributed by atoms with Crippen LogP contribution in [0, 0.1) is 6.92 Å². The van der Waals surface area contributed by atoms with Gasteiger partial charge in [-0.1, -0.05) is 12.6 Å². The third kappa shape index (κ3) is 5.89. The van der Waals surface area contributed by atoms with Crippen LogP contribution < -0.4 is 14.2 Å². The molecule has 0 bridgehead atoms. The van der Waals surface area contributed by atoms with E-state index in [9.17, 15) is 17.9 Å². The number of para-hydroxylation sites is 1. The summed E-state index contributed by atoms with van der Waals surface area (Å²) in [4.78, 5) is 3.78. The van der Waals surface area contributed by atoms with Crippen molar-refractivity contribution in [3.05, 3.63) is 60.8 Å². The molecular formula is C24H28FN5O6S. The number of benzene rings is 1. The predicted molar refractivity (Wildman–Crippen MR) is 137 cm³/mol. The van der Waals surface area contributed by atoms with Gasteiger partial charge in [-0.3, -0.25) is 14.3 Å². The first-order valence-electron chi connectivity index (χ1n) is 11.0. The SMILES string of the molecule is C=CC(=N/C=C(\C)F)[C@@H](O)[C@H](C)S(=O)(=O)Nc1nnc(-c2ccc(C)o2)n1-c1c(OC)cccc1OC. The number of aromatic nitrogens is 3. The van der Waals surface area contributed by atoms with Crippen LogP contribution in [-0.4, -0.2) is 59.6 Å². The van der Waals surface area contributed by atoms with E-state index in [0.717, 1.165) is 19.2 Å². The van der Waals surface area contributed by atoms with E-state index in [0.29, 0.717) is 28.7 Å². The van der Waals surface area contributed by atoms with Crippen molar-refractivity contribution in [1.82, 2.24) is 14.8 Å². The lowest BCUT2D eigenvalue weighted by Crippen LogP contribution is -2.40. The van der Waals surface area contributed by atoms with Crippen LogP contribution in [0.5, 0.6) is 11.5 Å². The molecule has 3 rings (SSSR count). The molecule has 11 nitrogen and oxygen atoms in total. The highest BCUT2D eigenvalue weighted by atomic mass is 32.2. The molecule has 0 unspecified atom stereocenters. The van der Waals surface area contributed by atoms with Gasteiger partial charge in [-0.05, 0) is 51.1 Å². The number of ether oxygens (including phenoxy) is 2. The smallest absolute Gasteiger partial charge is 0.243 e. The monoisotopic (exact) mass is 533 g/mol. The third-order valence-corrected chi connectivity index (χ3v) is 7.02. The second kappa shape index (κ2) is 11.4. The molecule has 2 N–H and O–H groups in total. The van der Waals surface area contributed by atoms with Gasteiger partial charge in [0, 0.05) is 0 Å². The Bertz CT molecular complexity index is 1420. The van der Waals surface area contributed by atoms with Crippen LogP contribution in [0.15, 0.2) is 64.4 Å². The third-order valence-electron chi connectivity index (χ3n) is 5.32. The van der Waals surface area contributed by atoms with E-state index < -0.39 is 27.2 Å². The molecule has 0 amide bonds.